The van der Waals surface area contributed by atoms with E-state index in [9.17, 15) is 9.18 Å². The summed E-state index contributed by atoms with van der Waals surface area (Å²) in [4.78, 5) is 13.6. The number of likely N-dealkylation sites (tertiary alicyclic amines) is 1. The van der Waals surface area contributed by atoms with Crippen LogP contribution in [0.4, 0.5) is 4.39 Å². The van der Waals surface area contributed by atoms with E-state index in [2.05, 4.69) is 15.9 Å². The Hall–Kier alpha value is -1.88. The number of halogens is 2. The average Bonchev–Trinajstić information content (AvgIpc) is 2.55. The molecule has 0 N–H and O–H groups in total. The summed E-state index contributed by atoms with van der Waals surface area (Å²) in [5.41, 5.74) is 1.70. The zero-order chi connectivity index (χ0) is 15.7. The molecule has 1 amide bonds. The largest absolute Gasteiger partial charge is 0.497 e. The van der Waals surface area contributed by atoms with Gasteiger partial charge in [-0.1, -0.05) is 42.5 Å². The lowest BCUT2D eigenvalue weighted by atomic mass is 9.91. The van der Waals surface area contributed by atoms with Crippen LogP contribution in [-0.4, -0.2) is 22.5 Å². The highest BCUT2D eigenvalue weighted by molar-refractivity contribution is 9.10. The molecular formula is C17H15BrFNO2. The molecule has 2 aromatic carbocycles. The maximum absolute atomic E-state index is 14.5. The average molecular weight is 364 g/mol. The van der Waals surface area contributed by atoms with E-state index in [1.165, 1.54) is 4.90 Å². The number of rotatable bonds is 4. The van der Waals surface area contributed by atoms with Gasteiger partial charge in [0.1, 0.15) is 11.8 Å². The van der Waals surface area contributed by atoms with E-state index in [-0.39, 0.29) is 0 Å². The van der Waals surface area contributed by atoms with E-state index in [0.29, 0.717) is 6.54 Å². The van der Waals surface area contributed by atoms with Crippen molar-refractivity contribution in [3.8, 4) is 5.75 Å². The predicted octanol–water partition coefficient (Wildman–Crippen LogP) is 3.84. The second-order valence-corrected chi connectivity index (χ2v) is 6.37. The lowest BCUT2D eigenvalue weighted by molar-refractivity contribution is -0.164. The Kier molecular flexibility index (Phi) is 3.91. The number of ether oxygens (including phenoxy) is 1. The number of nitrogens with zero attached hydrogens (tertiary/aromatic N) is 1. The number of hydrogen-bond acceptors (Lipinski definition) is 2. The van der Waals surface area contributed by atoms with Crippen LogP contribution < -0.4 is 4.74 Å². The summed E-state index contributed by atoms with van der Waals surface area (Å²) in [6.07, 6.45) is 0. The van der Waals surface area contributed by atoms with E-state index in [1.807, 2.05) is 54.6 Å². The van der Waals surface area contributed by atoms with Gasteiger partial charge in [-0.25, -0.2) is 4.39 Å². The van der Waals surface area contributed by atoms with Crippen LogP contribution in [-0.2, 0) is 11.3 Å². The van der Waals surface area contributed by atoms with Gasteiger partial charge in [0.2, 0.25) is 0 Å². The number of carbonyl (C=O) groups excluding carboxylic acids is 1. The molecule has 0 aromatic heterocycles. The lowest BCUT2D eigenvalue weighted by Crippen LogP contribution is -2.62. The highest BCUT2D eigenvalue weighted by atomic mass is 79.9. The lowest BCUT2D eigenvalue weighted by Gasteiger charge is -2.48. The number of carbonyl (C=O) groups is 1. The Labute approximate surface area is 136 Å². The molecule has 1 aliphatic heterocycles. The number of alkyl halides is 2. The third kappa shape index (κ3) is 2.50. The SMILES string of the molecule is COc1ccc(CN2C(=O)[C@@](F)(Br)[C@H]2c2ccccc2)cc1. The monoisotopic (exact) mass is 363 g/mol. The summed E-state index contributed by atoms with van der Waals surface area (Å²) in [5, 5.41) is 0. The predicted molar refractivity (Wildman–Crippen MR) is 85.5 cm³/mol. The van der Waals surface area contributed by atoms with Gasteiger partial charge in [0.15, 0.2) is 0 Å². The molecule has 1 fully saturated rings. The topological polar surface area (TPSA) is 29.5 Å². The van der Waals surface area contributed by atoms with Crippen LogP contribution in [0.3, 0.4) is 0 Å². The smallest absolute Gasteiger partial charge is 0.274 e. The molecule has 3 nitrogen and oxygen atoms in total. The van der Waals surface area contributed by atoms with Crippen molar-refractivity contribution < 1.29 is 13.9 Å². The Morgan fingerprint density at radius 1 is 1.18 bits per heavy atom. The number of benzene rings is 2. The zero-order valence-electron chi connectivity index (χ0n) is 12.0. The molecule has 0 radical (unpaired) electrons. The number of hydrogen-bond donors (Lipinski definition) is 0. The van der Waals surface area contributed by atoms with Crippen molar-refractivity contribution in [2.24, 2.45) is 0 Å². The van der Waals surface area contributed by atoms with Crippen molar-refractivity contribution in [3.05, 3.63) is 65.7 Å². The summed E-state index contributed by atoms with van der Waals surface area (Å²) in [6, 6.07) is 16.0. The van der Waals surface area contributed by atoms with Crippen molar-refractivity contribution in [3.63, 3.8) is 0 Å². The third-order valence-electron chi connectivity index (χ3n) is 3.83. The van der Waals surface area contributed by atoms with Crippen molar-refractivity contribution in [2.45, 2.75) is 17.2 Å². The summed E-state index contributed by atoms with van der Waals surface area (Å²) in [6.45, 7) is 0.361. The van der Waals surface area contributed by atoms with E-state index in [0.717, 1.165) is 16.9 Å². The minimum absolute atomic E-state index is 0.361. The minimum Gasteiger partial charge on any atom is -0.497 e. The first kappa shape index (κ1) is 15.0. The van der Waals surface area contributed by atoms with Gasteiger partial charge in [-0.2, -0.15) is 0 Å². The fourth-order valence-electron chi connectivity index (χ4n) is 2.67. The maximum Gasteiger partial charge on any atom is 0.274 e. The molecule has 2 atom stereocenters. The van der Waals surface area contributed by atoms with Crippen LogP contribution in [0.5, 0.6) is 5.75 Å². The van der Waals surface area contributed by atoms with Crippen molar-refractivity contribution in [1.82, 2.24) is 4.90 Å². The molecule has 114 valence electrons. The van der Waals surface area contributed by atoms with E-state index >= 15 is 0 Å². The Bertz CT molecular complexity index is 673. The highest BCUT2D eigenvalue weighted by Gasteiger charge is 2.60. The molecule has 22 heavy (non-hydrogen) atoms. The van der Waals surface area contributed by atoms with Gasteiger partial charge in [0, 0.05) is 6.54 Å². The number of β-lactam (4-membered cyclic amide) rings is 1. The summed E-state index contributed by atoms with van der Waals surface area (Å²) < 4.78 is 17.6. The maximum atomic E-state index is 14.5. The number of amides is 1. The van der Waals surface area contributed by atoms with E-state index < -0.39 is 16.5 Å². The third-order valence-corrected chi connectivity index (χ3v) is 4.60. The molecule has 0 unspecified atom stereocenters. The molecule has 0 bridgehead atoms. The molecule has 2 aromatic rings. The molecule has 1 heterocycles. The normalized spacial score (nSPS) is 24.0. The number of methoxy groups -OCH3 is 1. The standard InChI is InChI=1S/C17H15BrFNO2/c1-22-14-9-7-12(8-10-14)11-20-15(17(18,19)16(20)21)13-5-3-2-4-6-13/h2-10,15H,11H2,1H3/t15-,17-/m1/s1. The van der Waals surface area contributed by atoms with E-state index in [1.54, 1.807) is 7.11 Å². The molecule has 0 saturated carbocycles. The molecule has 0 spiro atoms. The summed E-state index contributed by atoms with van der Waals surface area (Å²) >= 11 is 2.93. The van der Waals surface area contributed by atoms with Gasteiger partial charge in [0.05, 0.1) is 7.11 Å². The van der Waals surface area contributed by atoms with Crippen LogP contribution in [0.25, 0.3) is 0 Å². The quantitative estimate of drug-likeness (QED) is 0.610. The molecule has 5 heteroatoms. The van der Waals surface area contributed by atoms with Crippen LogP contribution in [0.15, 0.2) is 54.6 Å². The second kappa shape index (κ2) is 5.72. The Morgan fingerprint density at radius 2 is 1.82 bits per heavy atom. The second-order valence-electron chi connectivity index (χ2n) is 5.22. The van der Waals surface area contributed by atoms with Gasteiger partial charge in [-0.15, -0.1) is 0 Å². The van der Waals surface area contributed by atoms with Gasteiger partial charge in [0.25, 0.3) is 10.5 Å². The van der Waals surface area contributed by atoms with Gasteiger partial charge < -0.3 is 9.64 Å². The Morgan fingerprint density at radius 3 is 2.41 bits per heavy atom. The first-order chi connectivity index (χ1) is 10.5. The van der Waals surface area contributed by atoms with Crippen molar-refractivity contribution in [1.29, 1.82) is 0 Å². The minimum atomic E-state index is -2.03. The van der Waals surface area contributed by atoms with Crippen molar-refractivity contribution >= 4 is 21.8 Å². The zero-order valence-corrected chi connectivity index (χ0v) is 13.6. The van der Waals surface area contributed by atoms with Gasteiger partial charge in [-0.3, -0.25) is 4.79 Å². The fraction of sp³-hybridized carbons (Fsp3) is 0.235. The summed E-state index contributed by atoms with van der Waals surface area (Å²) in [5.74, 6) is 0.204. The fourth-order valence-corrected chi connectivity index (χ4v) is 3.41. The molecule has 0 aliphatic carbocycles. The first-order valence-corrected chi connectivity index (χ1v) is 7.70. The van der Waals surface area contributed by atoms with Crippen LogP contribution in [0.1, 0.15) is 17.2 Å². The highest BCUT2D eigenvalue weighted by Crippen LogP contribution is 2.50. The van der Waals surface area contributed by atoms with Crippen LogP contribution in [0.2, 0.25) is 0 Å². The molecular weight excluding hydrogens is 349 g/mol. The molecule has 3 rings (SSSR count). The van der Waals surface area contributed by atoms with Crippen LogP contribution >= 0.6 is 15.9 Å². The molecule has 1 saturated heterocycles. The van der Waals surface area contributed by atoms with Crippen LogP contribution in [0, 0.1) is 0 Å². The van der Waals surface area contributed by atoms with Crippen molar-refractivity contribution in [2.75, 3.05) is 7.11 Å². The van der Waals surface area contributed by atoms with E-state index in [4.69, 9.17) is 4.74 Å². The van der Waals surface area contributed by atoms with Gasteiger partial charge in [-0.05, 0) is 39.2 Å². The molecule has 1 aliphatic rings. The van der Waals surface area contributed by atoms with Gasteiger partial charge >= 0.3 is 0 Å². The first-order valence-electron chi connectivity index (χ1n) is 6.91. The summed E-state index contributed by atoms with van der Waals surface area (Å²) in [7, 11) is 1.60. The Balaban J connectivity index is 1.83.